The van der Waals surface area contributed by atoms with E-state index >= 15 is 0 Å². The van der Waals surface area contributed by atoms with Crippen LogP contribution < -0.4 is 5.63 Å². The van der Waals surface area contributed by atoms with Crippen LogP contribution in [0.15, 0.2) is 79.4 Å². The van der Waals surface area contributed by atoms with Crippen molar-refractivity contribution < 1.29 is 9.52 Å². The van der Waals surface area contributed by atoms with E-state index in [-0.39, 0.29) is 5.88 Å². The Kier molecular flexibility index (Phi) is 3.99. The third-order valence-corrected chi connectivity index (χ3v) is 5.42. The van der Waals surface area contributed by atoms with Gasteiger partial charge in [-0.2, -0.15) is 0 Å². The normalized spacial score (nSPS) is 11.8. The molecule has 0 atom stereocenters. The first-order chi connectivity index (χ1) is 14.1. The van der Waals surface area contributed by atoms with Crippen LogP contribution in [-0.4, -0.2) is 14.7 Å². The minimum Gasteiger partial charge on any atom is -0.493 e. The van der Waals surface area contributed by atoms with Crippen molar-refractivity contribution in [3.63, 3.8) is 0 Å². The van der Waals surface area contributed by atoms with Gasteiger partial charge in [-0.15, -0.1) is 21.6 Å². The largest absolute Gasteiger partial charge is 0.493 e. The Morgan fingerprint density at radius 2 is 1.90 bits per heavy atom. The predicted octanol–water partition coefficient (Wildman–Crippen LogP) is 5.53. The number of aromatic hydroxyl groups is 1. The van der Waals surface area contributed by atoms with Gasteiger partial charge in [0.15, 0.2) is 5.69 Å². The molecular weight excluding hydrogens is 388 g/mol. The molecule has 2 aromatic carbocycles. The Morgan fingerprint density at radius 1 is 1.10 bits per heavy atom. The summed E-state index contributed by atoms with van der Waals surface area (Å²) in [6.07, 6.45) is 0. The lowest BCUT2D eigenvalue weighted by atomic mass is 10.1. The number of aryl methyl sites for hydroxylation is 1. The van der Waals surface area contributed by atoms with Crippen LogP contribution in [0.25, 0.3) is 33.1 Å². The zero-order valence-electron chi connectivity index (χ0n) is 15.2. The summed E-state index contributed by atoms with van der Waals surface area (Å²) < 4.78 is 7.02. The zero-order valence-corrected chi connectivity index (χ0v) is 16.1. The van der Waals surface area contributed by atoms with Gasteiger partial charge in [-0.25, -0.2) is 9.78 Å². The number of hydrogen-bond donors (Lipinski definition) is 1. The Morgan fingerprint density at radius 3 is 2.79 bits per heavy atom. The highest BCUT2D eigenvalue weighted by Crippen LogP contribution is 2.39. The number of benzene rings is 2. The minimum atomic E-state index is -0.454. The summed E-state index contributed by atoms with van der Waals surface area (Å²) in [6, 6.07) is 16.6. The molecule has 0 unspecified atom stereocenters. The van der Waals surface area contributed by atoms with Crippen LogP contribution in [0.2, 0.25) is 0 Å². The van der Waals surface area contributed by atoms with Crippen molar-refractivity contribution in [1.29, 1.82) is 0 Å². The van der Waals surface area contributed by atoms with E-state index in [1.165, 1.54) is 11.3 Å². The van der Waals surface area contributed by atoms with Gasteiger partial charge >= 0.3 is 5.63 Å². The molecule has 8 heteroatoms. The number of aromatic nitrogens is 2. The van der Waals surface area contributed by atoms with Gasteiger partial charge in [0.25, 0.3) is 0 Å². The average molecular weight is 402 g/mol. The second kappa shape index (κ2) is 6.68. The van der Waals surface area contributed by atoms with Gasteiger partial charge in [-0.3, -0.25) is 0 Å². The molecule has 5 aromatic rings. The maximum Gasteiger partial charge on any atom is 0.345 e. The average Bonchev–Trinajstić information content (AvgIpc) is 3.30. The van der Waals surface area contributed by atoms with E-state index in [4.69, 9.17) is 4.42 Å². The first-order valence-electron chi connectivity index (χ1n) is 8.79. The molecule has 0 saturated heterocycles. The topological polar surface area (TPSA) is 93.0 Å². The molecule has 7 nitrogen and oxygen atoms in total. The molecule has 0 bridgehead atoms. The maximum atomic E-state index is 12.3. The van der Waals surface area contributed by atoms with Crippen LogP contribution >= 0.6 is 11.3 Å². The molecule has 0 aliphatic carbocycles. The molecule has 0 aliphatic rings. The summed E-state index contributed by atoms with van der Waals surface area (Å²) in [5, 5.41) is 22.5. The van der Waals surface area contributed by atoms with E-state index in [0.29, 0.717) is 27.7 Å². The Balaban J connectivity index is 1.53. The van der Waals surface area contributed by atoms with Crippen LogP contribution in [-0.2, 0) is 7.05 Å². The van der Waals surface area contributed by atoms with Crippen molar-refractivity contribution in [1.82, 2.24) is 9.55 Å². The van der Waals surface area contributed by atoms with Gasteiger partial charge < -0.3 is 14.1 Å². The Bertz CT molecular complexity index is 1460. The molecule has 0 amide bonds. The van der Waals surface area contributed by atoms with Crippen molar-refractivity contribution in [3.8, 4) is 17.1 Å². The van der Waals surface area contributed by atoms with Gasteiger partial charge in [0.2, 0.25) is 11.0 Å². The Labute approximate surface area is 168 Å². The molecule has 3 aromatic heterocycles. The summed E-state index contributed by atoms with van der Waals surface area (Å²) in [5.74, 6) is 0.0295. The van der Waals surface area contributed by atoms with E-state index < -0.39 is 5.63 Å². The quantitative estimate of drug-likeness (QED) is 0.317. The van der Waals surface area contributed by atoms with Gasteiger partial charge in [-0.05, 0) is 18.2 Å². The summed E-state index contributed by atoms with van der Waals surface area (Å²) >= 11 is 1.26. The van der Waals surface area contributed by atoms with Crippen LogP contribution in [0.4, 0.5) is 10.8 Å². The molecular formula is C21H14N4O3S. The second-order valence-electron chi connectivity index (χ2n) is 6.45. The summed E-state index contributed by atoms with van der Waals surface area (Å²) in [4.78, 5) is 16.7. The molecule has 3 heterocycles. The monoisotopic (exact) mass is 402 g/mol. The van der Waals surface area contributed by atoms with E-state index in [2.05, 4.69) is 15.2 Å². The van der Waals surface area contributed by atoms with Crippen LogP contribution in [0.3, 0.4) is 0 Å². The zero-order chi connectivity index (χ0) is 20.0. The minimum absolute atomic E-state index is 0.0295. The molecule has 142 valence electrons. The number of fused-ring (bicyclic) bond motifs is 2. The standard InChI is InChI=1S/C21H14N4O3S/c1-25-16-8-4-3-7-13(16)18(19(25)26)23-24-21-22-15(11-29-21)14-10-12-6-2-5-9-17(12)28-20(14)27/h2-11,26H,1H3. The lowest BCUT2D eigenvalue weighted by Gasteiger charge is -1.98. The molecule has 0 spiro atoms. The smallest absolute Gasteiger partial charge is 0.345 e. The fourth-order valence-electron chi connectivity index (χ4n) is 3.23. The number of thiazole rings is 1. The van der Waals surface area contributed by atoms with Crippen molar-refractivity contribution in [2.45, 2.75) is 0 Å². The van der Waals surface area contributed by atoms with Crippen molar-refractivity contribution in [2.75, 3.05) is 0 Å². The highest BCUT2D eigenvalue weighted by atomic mass is 32.1. The number of hydrogen-bond acceptors (Lipinski definition) is 7. The van der Waals surface area contributed by atoms with E-state index in [1.807, 2.05) is 42.5 Å². The number of rotatable bonds is 3. The molecule has 5 rings (SSSR count). The van der Waals surface area contributed by atoms with E-state index in [0.717, 1.165) is 16.3 Å². The van der Waals surface area contributed by atoms with Crippen molar-refractivity contribution in [2.24, 2.45) is 17.3 Å². The Hall–Kier alpha value is -3.78. The molecule has 0 radical (unpaired) electrons. The lowest BCUT2D eigenvalue weighted by Crippen LogP contribution is -2.02. The summed E-state index contributed by atoms with van der Waals surface area (Å²) in [7, 11) is 1.76. The third kappa shape index (κ3) is 2.90. The van der Waals surface area contributed by atoms with Gasteiger partial charge in [0.1, 0.15) is 5.58 Å². The predicted molar refractivity (Wildman–Crippen MR) is 112 cm³/mol. The lowest BCUT2D eigenvalue weighted by molar-refractivity contribution is 0.436. The van der Waals surface area contributed by atoms with Gasteiger partial charge in [0, 0.05) is 23.2 Å². The first kappa shape index (κ1) is 17.3. The fraction of sp³-hybridized carbons (Fsp3) is 0.0476. The first-order valence-corrected chi connectivity index (χ1v) is 9.67. The van der Waals surface area contributed by atoms with Crippen molar-refractivity contribution >= 4 is 44.0 Å². The summed E-state index contributed by atoms with van der Waals surface area (Å²) in [5.41, 5.74) is 2.16. The SMILES string of the molecule is Cn1c(O)c(N=Nc2nc(-c3cc4ccccc4oc3=O)cs2)c2ccccc21. The number of nitrogens with zero attached hydrogens (tertiary/aromatic N) is 4. The summed E-state index contributed by atoms with van der Waals surface area (Å²) in [6.45, 7) is 0. The molecule has 29 heavy (non-hydrogen) atoms. The van der Waals surface area contributed by atoms with E-state index in [9.17, 15) is 9.90 Å². The van der Waals surface area contributed by atoms with Crippen LogP contribution in [0.5, 0.6) is 5.88 Å². The van der Waals surface area contributed by atoms with Gasteiger partial charge in [0.05, 0.1) is 16.8 Å². The van der Waals surface area contributed by atoms with E-state index in [1.54, 1.807) is 29.1 Å². The van der Waals surface area contributed by atoms with Crippen molar-refractivity contribution in [3.05, 3.63) is 70.4 Å². The highest BCUT2D eigenvalue weighted by molar-refractivity contribution is 7.13. The molecule has 0 fully saturated rings. The van der Waals surface area contributed by atoms with Gasteiger partial charge in [-0.1, -0.05) is 36.4 Å². The molecule has 0 saturated carbocycles. The fourth-order valence-corrected chi connectivity index (χ4v) is 3.86. The number of para-hydroxylation sites is 2. The maximum absolute atomic E-state index is 12.3. The second-order valence-corrected chi connectivity index (χ2v) is 7.29. The molecule has 1 N–H and O–H groups in total. The third-order valence-electron chi connectivity index (χ3n) is 4.70. The van der Waals surface area contributed by atoms with Crippen LogP contribution in [0, 0.1) is 0 Å². The van der Waals surface area contributed by atoms with Crippen LogP contribution in [0.1, 0.15) is 0 Å². The number of azo groups is 1. The highest BCUT2D eigenvalue weighted by Gasteiger charge is 2.15. The molecule has 0 aliphatic heterocycles.